The van der Waals surface area contributed by atoms with Gasteiger partial charge in [-0.05, 0) is 36.7 Å². The van der Waals surface area contributed by atoms with Gasteiger partial charge in [-0.1, -0.05) is 18.2 Å². The van der Waals surface area contributed by atoms with Crippen LogP contribution in [-0.4, -0.2) is 36.3 Å². The summed E-state index contributed by atoms with van der Waals surface area (Å²) in [5.41, 5.74) is 2.43. The van der Waals surface area contributed by atoms with Gasteiger partial charge in [0.15, 0.2) is 5.11 Å². The number of aromatic nitrogens is 1. The number of methoxy groups -OCH3 is 1. The van der Waals surface area contributed by atoms with Crippen molar-refractivity contribution in [1.82, 2.24) is 15.6 Å². The minimum Gasteiger partial charge on any atom is -0.469 e. The summed E-state index contributed by atoms with van der Waals surface area (Å²) >= 11 is 5.21. The standard InChI is InChI=1S/C16H21N3O2S/c1-21-15(20)7-4-9-17-16(22)18-10-8-12-11-19-14-6-3-2-5-13(12)14/h2-3,5-6,11,19H,4,7-10H2,1H3,(H2,17,18,22). The Kier molecular flexibility index (Phi) is 6.21. The Labute approximate surface area is 135 Å². The Bertz CT molecular complexity index is 639. The van der Waals surface area contributed by atoms with E-state index in [-0.39, 0.29) is 5.97 Å². The van der Waals surface area contributed by atoms with Gasteiger partial charge in [-0.25, -0.2) is 0 Å². The van der Waals surface area contributed by atoms with E-state index in [0.29, 0.717) is 24.5 Å². The van der Waals surface area contributed by atoms with E-state index in [4.69, 9.17) is 12.2 Å². The molecular formula is C16H21N3O2S. The van der Waals surface area contributed by atoms with Crippen molar-refractivity contribution >= 4 is 34.2 Å². The second kappa shape index (κ2) is 8.38. The summed E-state index contributed by atoms with van der Waals surface area (Å²) in [4.78, 5) is 14.2. The van der Waals surface area contributed by atoms with Gasteiger partial charge < -0.3 is 20.4 Å². The summed E-state index contributed by atoms with van der Waals surface area (Å²) in [5.74, 6) is -0.194. The molecule has 1 aromatic carbocycles. The van der Waals surface area contributed by atoms with Crippen LogP contribution in [0, 0.1) is 0 Å². The predicted octanol–water partition coefficient (Wildman–Crippen LogP) is 2.13. The van der Waals surface area contributed by atoms with Crippen molar-refractivity contribution in [2.24, 2.45) is 0 Å². The van der Waals surface area contributed by atoms with E-state index in [1.54, 1.807) is 0 Å². The lowest BCUT2D eigenvalue weighted by molar-refractivity contribution is -0.140. The number of para-hydroxylation sites is 1. The van der Waals surface area contributed by atoms with Crippen LogP contribution >= 0.6 is 12.2 Å². The summed E-state index contributed by atoms with van der Waals surface area (Å²) in [5, 5.41) is 8.13. The molecule has 0 bridgehead atoms. The van der Waals surface area contributed by atoms with Crippen molar-refractivity contribution in [3.05, 3.63) is 36.0 Å². The number of aromatic amines is 1. The highest BCUT2D eigenvalue weighted by molar-refractivity contribution is 7.80. The van der Waals surface area contributed by atoms with Crippen molar-refractivity contribution in [3.8, 4) is 0 Å². The molecule has 0 radical (unpaired) electrons. The number of thiocarbonyl (C=S) groups is 1. The van der Waals surface area contributed by atoms with E-state index in [1.807, 2.05) is 18.3 Å². The van der Waals surface area contributed by atoms with Crippen LogP contribution < -0.4 is 10.6 Å². The number of ether oxygens (including phenoxy) is 1. The predicted molar refractivity (Wildman–Crippen MR) is 91.9 cm³/mol. The zero-order chi connectivity index (χ0) is 15.8. The number of fused-ring (bicyclic) bond motifs is 1. The van der Waals surface area contributed by atoms with E-state index in [1.165, 1.54) is 18.1 Å². The molecule has 5 nitrogen and oxygen atoms in total. The van der Waals surface area contributed by atoms with Crippen molar-refractivity contribution < 1.29 is 9.53 Å². The van der Waals surface area contributed by atoms with Gasteiger partial charge in [0.25, 0.3) is 0 Å². The minimum atomic E-state index is -0.194. The summed E-state index contributed by atoms with van der Waals surface area (Å²) < 4.78 is 4.58. The van der Waals surface area contributed by atoms with E-state index >= 15 is 0 Å². The molecule has 2 rings (SSSR count). The Morgan fingerprint density at radius 3 is 2.86 bits per heavy atom. The molecular weight excluding hydrogens is 298 g/mol. The van der Waals surface area contributed by atoms with Crippen LogP contribution in [0.4, 0.5) is 0 Å². The van der Waals surface area contributed by atoms with Gasteiger partial charge in [-0.15, -0.1) is 0 Å². The van der Waals surface area contributed by atoms with Crippen molar-refractivity contribution in [2.75, 3.05) is 20.2 Å². The first kappa shape index (κ1) is 16.3. The molecule has 0 aliphatic carbocycles. The molecule has 1 heterocycles. The van der Waals surface area contributed by atoms with E-state index < -0.39 is 0 Å². The number of carbonyl (C=O) groups is 1. The first-order valence-electron chi connectivity index (χ1n) is 7.34. The van der Waals surface area contributed by atoms with Gasteiger partial charge >= 0.3 is 5.97 Å². The third-order valence-electron chi connectivity index (χ3n) is 3.43. The largest absolute Gasteiger partial charge is 0.469 e. The summed E-state index contributed by atoms with van der Waals surface area (Å²) in [7, 11) is 1.40. The smallest absolute Gasteiger partial charge is 0.305 e. The maximum Gasteiger partial charge on any atom is 0.305 e. The van der Waals surface area contributed by atoms with Crippen LogP contribution in [0.15, 0.2) is 30.5 Å². The second-order valence-corrected chi connectivity index (χ2v) is 5.38. The number of benzene rings is 1. The van der Waals surface area contributed by atoms with Gasteiger partial charge in [0.1, 0.15) is 0 Å². The van der Waals surface area contributed by atoms with Gasteiger partial charge in [0.2, 0.25) is 0 Å². The Balaban J connectivity index is 1.66. The molecule has 0 aliphatic heterocycles. The molecule has 0 saturated carbocycles. The van der Waals surface area contributed by atoms with Gasteiger partial charge in [0, 0.05) is 36.6 Å². The Morgan fingerprint density at radius 1 is 1.27 bits per heavy atom. The van der Waals surface area contributed by atoms with Crippen LogP contribution in [0.1, 0.15) is 18.4 Å². The summed E-state index contributed by atoms with van der Waals surface area (Å²) in [6, 6.07) is 8.25. The average Bonchev–Trinajstić information content (AvgIpc) is 2.95. The number of rotatable bonds is 7. The molecule has 0 spiro atoms. The minimum absolute atomic E-state index is 0.194. The maximum atomic E-state index is 11.0. The number of hydrogen-bond donors (Lipinski definition) is 3. The fourth-order valence-corrected chi connectivity index (χ4v) is 2.45. The van der Waals surface area contributed by atoms with Crippen molar-refractivity contribution in [2.45, 2.75) is 19.3 Å². The molecule has 1 aromatic heterocycles. The fourth-order valence-electron chi connectivity index (χ4n) is 2.25. The van der Waals surface area contributed by atoms with Crippen LogP contribution in [0.5, 0.6) is 0 Å². The number of H-pyrrole nitrogens is 1. The fraction of sp³-hybridized carbons (Fsp3) is 0.375. The molecule has 3 N–H and O–H groups in total. The van der Waals surface area contributed by atoms with E-state index in [9.17, 15) is 4.79 Å². The van der Waals surface area contributed by atoms with Crippen molar-refractivity contribution in [1.29, 1.82) is 0 Å². The van der Waals surface area contributed by atoms with Gasteiger partial charge in [-0.2, -0.15) is 0 Å². The number of hydrogen-bond acceptors (Lipinski definition) is 3. The molecule has 0 atom stereocenters. The Hall–Kier alpha value is -2.08. The molecule has 22 heavy (non-hydrogen) atoms. The lowest BCUT2D eigenvalue weighted by atomic mass is 10.1. The molecule has 0 saturated heterocycles. The van der Waals surface area contributed by atoms with E-state index in [0.717, 1.165) is 18.5 Å². The first-order valence-corrected chi connectivity index (χ1v) is 7.75. The molecule has 0 amide bonds. The molecule has 0 unspecified atom stereocenters. The van der Waals surface area contributed by atoms with E-state index in [2.05, 4.69) is 32.5 Å². The molecule has 0 aliphatic rings. The number of esters is 1. The topological polar surface area (TPSA) is 66.2 Å². The van der Waals surface area contributed by atoms with Crippen LogP contribution in [0.3, 0.4) is 0 Å². The third kappa shape index (κ3) is 4.73. The van der Waals surface area contributed by atoms with Crippen LogP contribution in [0.25, 0.3) is 10.9 Å². The average molecular weight is 319 g/mol. The van der Waals surface area contributed by atoms with Crippen LogP contribution in [0.2, 0.25) is 0 Å². The number of nitrogens with one attached hydrogen (secondary N) is 3. The zero-order valence-electron chi connectivity index (χ0n) is 12.6. The molecule has 118 valence electrons. The van der Waals surface area contributed by atoms with Crippen LogP contribution in [-0.2, 0) is 16.0 Å². The molecule has 2 aromatic rings. The zero-order valence-corrected chi connectivity index (χ0v) is 13.5. The Morgan fingerprint density at radius 2 is 2.05 bits per heavy atom. The second-order valence-electron chi connectivity index (χ2n) is 4.97. The lowest BCUT2D eigenvalue weighted by Crippen LogP contribution is -2.36. The highest BCUT2D eigenvalue weighted by Crippen LogP contribution is 2.17. The SMILES string of the molecule is COC(=O)CCCNC(=S)NCCc1c[nH]c2ccccc12. The summed E-state index contributed by atoms with van der Waals surface area (Å²) in [6.45, 7) is 1.43. The van der Waals surface area contributed by atoms with Gasteiger partial charge in [-0.3, -0.25) is 4.79 Å². The maximum absolute atomic E-state index is 11.0. The first-order chi connectivity index (χ1) is 10.7. The lowest BCUT2D eigenvalue weighted by Gasteiger charge is -2.09. The number of carbonyl (C=O) groups excluding carboxylic acids is 1. The highest BCUT2D eigenvalue weighted by atomic mass is 32.1. The summed E-state index contributed by atoms with van der Waals surface area (Å²) in [6.07, 6.45) is 4.05. The van der Waals surface area contributed by atoms with Gasteiger partial charge in [0.05, 0.1) is 7.11 Å². The normalized spacial score (nSPS) is 10.4. The molecule has 0 fully saturated rings. The highest BCUT2D eigenvalue weighted by Gasteiger charge is 2.03. The quantitative estimate of drug-likeness (QED) is 0.414. The molecule has 6 heteroatoms. The third-order valence-corrected chi connectivity index (χ3v) is 3.71. The van der Waals surface area contributed by atoms with Crippen molar-refractivity contribution in [3.63, 3.8) is 0 Å². The monoisotopic (exact) mass is 319 g/mol.